The molecule has 1 atom stereocenters. The maximum atomic E-state index is 12.7. The minimum atomic E-state index is -0.317. The zero-order valence-electron chi connectivity index (χ0n) is 16.3. The molecule has 1 heterocycles. The van der Waals surface area contributed by atoms with Crippen LogP contribution in [-0.4, -0.2) is 25.5 Å². The van der Waals surface area contributed by atoms with Crippen LogP contribution in [0.25, 0.3) is 0 Å². The van der Waals surface area contributed by atoms with E-state index in [2.05, 4.69) is 16.0 Å². The Balaban J connectivity index is 1.61. The predicted molar refractivity (Wildman–Crippen MR) is 111 cm³/mol. The van der Waals surface area contributed by atoms with Crippen molar-refractivity contribution < 1.29 is 18.7 Å². The summed E-state index contributed by atoms with van der Waals surface area (Å²) in [6.45, 7) is 1.98. The Labute approximate surface area is 169 Å². The van der Waals surface area contributed by atoms with Gasteiger partial charge in [-0.1, -0.05) is 12.1 Å². The van der Waals surface area contributed by atoms with Gasteiger partial charge >= 0.3 is 0 Å². The molecule has 0 spiro atoms. The van der Waals surface area contributed by atoms with Gasteiger partial charge in [0.05, 0.1) is 37.2 Å². The first-order valence-corrected chi connectivity index (χ1v) is 9.18. The summed E-state index contributed by atoms with van der Waals surface area (Å²) in [6.07, 6.45) is 1.59. The van der Waals surface area contributed by atoms with E-state index in [1.165, 1.54) is 0 Å². The molecule has 0 aliphatic heterocycles. The summed E-state index contributed by atoms with van der Waals surface area (Å²) in [5, 5.41) is 8.69. The van der Waals surface area contributed by atoms with Crippen LogP contribution in [0.2, 0.25) is 0 Å². The van der Waals surface area contributed by atoms with Gasteiger partial charge in [-0.05, 0) is 55.5 Å². The van der Waals surface area contributed by atoms with Gasteiger partial charge in [-0.15, -0.1) is 0 Å². The van der Waals surface area contributed by atoms with E-state index in [9.17, 15) is 9.59 Å². The van der Waals surface area contributed by atoms with Crippen LogP contribution in [0, 0.1) is 0 Å². The maximum Gasteiger partial charge on any atom is 0.257 e. The third kappa shape index (κ3) is 5.46. The van der Waals surface area contributed by atoms with Crippen molar-refractivity contribution in [2.45, 2.75) is 13.0 Å². The summed E-state index contributed by atoms with van der Waals surface area (Å²) < 4.78 is 10.4. The summed E-state index contributed by atoms with van der Waals surface area (Å²) in [6, 6.07) is 17.4. The van der Waals surface area contributed by atoms with Crippen LogP contribution in [0.4, 0.5) is 11.4 Å². The molecule has 0 unspecified atom stereocenters. The summed E-state index contributed by atoms with van der Waals surface area (Å²) in [7, 11) is 1.58. The van der Waals surface area contributed by atoms with Crippen LogP contribution in [0.1, 0.15) is 29.1 Å². The maximum absolute atomic E-state index is 12.7. The fourth-order valence-corrected chi connectivity index (χ4v) is 2.74. The Morgan fingerprint density at radius 2 is 1.76 bits per heavy atom. The van der Waals surface area contributed by atoms with Crippen molar-refractivity contribution in [3.8, 4) is 5.75 Å². The van der Waals surface area contributed by atoms with Crippen LogP contribution < -0.4 is 20.7 Å². The predicted octanol–water partition coefficient (Wildman–Crippen LogP) is 3.83. The first kappa shape index (κ1) is 20.2. The molecule has 0 aliphatic rings. The lowest BCUT2D eigenvalue weighted by atomic mass is 10.1. The molecule has 2 amide bonds. The third-order valence-corrected chi connectivity index (χ3v) is 4.33. The summed E-state index contributed by atoms with van der Waals surface area (Å²) in [4.78, 5) is 25.0. The number of para-hydroxylation sites is 1. The van der Waals surface area contributed by atoms with Crippen molar-refractivity contribution in [2.75, 3.05) is 24.3 Å². The number of nitrogens with one attached hydrogen (secondary N) is 3. The van der Waals surface area contributed by atoms with Crippen LogP contribution >= 0.6 is 0 Å². The first-order chi connectivity index (χ1) is 14.1. The van der Waals surface area contributed by atoms with E-state index >= 15 is 0 Å². The second-order valence-electron chi connectivity index (χ2n) is 6.39. The molecule has 0 saturated heterocycles. The quantitative estimate of drug-likeness (QED) is 0.541. The number of amides is 2. The topological polar surface area (TPSA) is 92.6 Å². The summed E-state index contributed by atoms with van der Waals surface area (Å²) >= 11 is 0. The Morgan fingerprint density at radius 1 is 1.00 bits per heavy atom. The van der Waals surface area contributed by atoms with E-state index in [-0.39, 0.29) is 24.4 Å². The highest BCUT2D eigenvalue weighted by Gasteiger charge is 2.15. The van der Waals surface area contributed by atoms with Crippen molar-refractivity contribution in [3.63, 3.8) is 0 Å². The molecule has 2 aromatic carbocycles. The largest absolute Gasteiger partial charge is 0.497 e. The van der Waals surface area contributed by atoms with Gasteiger partial charge in [0.1, 0.15) is 11.5 Å². The Bertz CT molecular complexity index is 952. The number of benzene rings is 2. The molecule has 3 rings (SSSR count). The fourth-order valence-electron chi connectivity index (χ4n) is 2.74. The van der Waals surface area contributed by atoms with Gasteiger partial charge in [0.25, 0.3) is 5.91 Å². The van der Waals surface area contributed by atoms with Crippen molar-refractivity contribution in [1.82, 2.24) is 5.32 Å². The highest BCUT2D eigenvalue weighted by atomic mass is 16.5. The molecular weight excluding hydrogens is 370 g/mol. The molecule has 3 aromatic rings. The van der Waals surface area contributed by atoms with Crippen LogP contribution in [0.3, 0.4) is 0 Å². The smallest absolute Gasteiger partial charge is 0.257 e. The monoisotopic (exact) mass is 393 g/mol. The number of hydrogen-bond donors (Lipinski definition) is 3. The van der Waals surface area contributed by atoms with Crippen LogP contribution in [-0.2, 0) is 4.79 Å². The number of furan rings is 1. The summed E-state index contributed by atoms with van der Waals surface area (Å²) in [5.74, 6) is 0.875. The van der Waals surface area contributed by atoms with Gasteiger partial charge in [0.2, 0.25) is 5.91 Å². The van der Waals surface area contributed by atoms with E-state index in [0.29, 0.717) is 22.7 Å². The molecule has 1 aromatic heterocycles. The number of methoxy groups -OCH3 is 1. The second kappa shape index (κ2) is 9.57. The molecule has 29 heavy (non-hydrogen) atoms. The Hall–Kier alpha value is -3.58. The van der Waals surface area contributed by atoms with Gasteiger partial charge in [-0.25, -0.2) is 0 Å². The van der Waals surface area contributed by atoms with E-state index in [1.807, 2.05) is 13.0 Å². The molecule has 0 saturated carbocycles. The lowest BCUT2D eigenvalue weighted by molar-refractivity contribution is -0.115. The summed E-state index contributed by atoms with van der Waals surface area (Å²) in [5.41, 5.74) is 1.44. The van der Waals surface area contributed by atoms with Gasteiger partial charge in [0.15, 0.2) is 0 Å². The minimum Gasteiger partial charge on any atom is -0.497 e. The molecule has 0 fully saturated rings. The first-order valence-electron chi connectivity index (χ1n) is 9.18. The fraction of sp³-hybridized carbons (Fsp3) is 0.182. The zero-order chi connectivity index (χ0) is 20.6. The highest BCUT2D eigenvalue weighted by molar-refractivity contribution is 6.10. The number of rotatable bonds is 8. The molecule has 3 N–H and O–H groups in total. The van der Waals surface area contributed by atoms with Crippen LogP contribution in [0.5, 0.6) is 5.75 Å². The van der Waals surface area contributed by atoms with Gasteiger partial charge in [-0.2, -0.15) is 0 Å². The lowest BCUT2D eigenvalue weighted by Crippen LogP contribution is -2.30. The van der Waals surface area contributed by atoms with E-state index in [4.69, 9.17) is 9.15 Å². The molecule has 0 aliphatic carbocycles. The normalized spacial score (nSPS) is 11.5. The molecule has 0 bridgehead atoms. The van der Waals surface area contributed by atoms with Crippen molar-refractivity contribution in [3.05, 3.63) is 78.3 Å². The molecular formula is C22H23N3O4. The third-order valence-electron chi connectivity index (χ3n) is 4.33. The van der Waals surface area contributed by atoms with Gasteiger partial charge in [-0.3, -0.25) is 14.9 Å². The van der Waals surface area contributed by atoms with Crippen molar-refractivity contribution in [1.29, 1.82) is 0 Å². The minimum absolute atomic E-state index is 0.0797. The molecule has 150 valence electrons. The number of carbonyl (C=O) groups is 2. The number of carbonyl (C=O) groups excluding carboxylic acids is 2. The SMILES string of the molecule is COc1ccc(NC(=O)c2ccccc2NC(=O)CN[C@H](C)c2ccco2)cc1. The second-order valence-corrected chi connectivity index (χ2v) is 6.39. The molecule has 0 radical (unpaired) electrons. The number of hydrogen-bond acceptors (Lipinski definition) is 5. The van der Waals surface area contributed by atoms with E-state index < -0.39 is 0 Å². The molecule has 7 heteroatoms. The molecule has 7 nitrogen and oxygen atoms in total. The van der Waals surface area contributed by atoms with E-state index in [1.54, 1.807) is 68.0 Å². The van der Waals surface area contributed by atoms with Gasteiger partial charge in [0, 0.05) is 5.69 Å². The number of anilines is 2. The standard InChI is InChI=1S/C22H23N3O4/c1-15(20-8-5-13-29-20)23-14-21(26)25-19-7-4-3-6-18(19)22(27)24-16-9-11-17(28-2)12-10-16/h3-13,15,23H,14H2,1-2H3,(H,24,27)(H,25,26)/t15-/m1/s1. The van der Waals surface area contributed by atoms with Crippen molar-refractivity contribution >= 4 is 23.2 Å². The average molecular weight is 393 g/mol. The Morgan fingerprint density at radius 3 is 2.45 bits per heavy atom. The van der Waals surface area contributed by atoms with Crippen LogP contribution in [0.15, 0.2) is 71.3 Å². The highest BCUT2D eigenvalue weighted by Crippen LogP contribution is 2.19. The van der Waals surface area contributed by atoms with Crippen molar-refractivity contribution in [2.24, 2.45) is 0 Å². The zero-order valence-corrected chi connectivity index (χ0v) is 16.3. The lowest BCUT2D eigenvalue weighted by Gasteiger charge is -2.14. The number of ether oxygens (including phenoxy) is 1. The van der Waals surface area contributed by atoms with Gasteiger partial charge < -0.3 is 19.8 Å². The average Bonchev–Trinajstić information content (AvgIpc) is 3.28. The Kier molecular flexibility index (Phi) is 6.65. The van der Waals surface area contributed by atoms with E-state index in [0.717, 1.165) is 5.76 Å².